The van der Waals surface area contributed by atoms with E-state index in [1.165, 1.54) is 16.7 Å². The summed E-state index contributed by atoms with van der Waals surface area (Å²) in [5.74, 6) is 1.10. The highest BCUT2D eigenvalue weighted by atomic mass is 16.5. The molecular weight excluding hydrogens is 238 g/mol. The summed E-state index contributed by atoms with van der Waals surface area (Å²) in [4.78, 5) is 0. The molecular formula is C16H23NO2. The molecule has 1 aromatic rings. The molecule has 1 atom stereocenters. The van der Waals surface area contributed by atoms with Crippen molar-refractivity contribution in [1.82, 2.24) is 5.32 Å². The molecule has 1 fully saturated rings. The molecule has 1 N–H and O–H groups in total. The van der Waals surface area contributed by atoms with Gasteiger partial charge in [0.1, 0.15) is 5.75 Å². The summed E-state index contributed by atoms with van der Waals surface area (Å²) in [7, 11) is 0. The molecule has 0 aliphatic carbocycles. The quantitative estimate of drug-likeness (QED) is 0.888. The number of hydrogen-bond donors (Lipinski definition) is 1. The molecule has 1 saturated heterocycles. The fourth-order valence-corrected chi connectivity index (χ4v) is 3.20. The summed E-state index contributed by atoms with van der Waals surface area (Å²) in [5, 5.41) is 3.81. The monoisotopic (exact) mass is 261 g/mol. The number of aryl methyl sites for hydroxylation is 2. The van der Waals surface area contributed by atoms with Crippen LogP contribution in [0.3, 0.4) is 0 Å². The van der Waals surface area contributed by atoms with Crippen molar-refractivity contribution >= 4 is 0 Å². The normalized spacial score (nSPS) is 23.8. The van der Waals surface area contributed by atoms with Crippen LogP contribution in [0.4, 0.5) is 0 Å². The highest BCUT2D eigenvalue weighted by molar-refractivity contribution is 5.46. The number of rotatable bonds is 2. The molecule has 0 radical (unpaired) electrons. The molecule has 104 valence electrons. The van der Waals surface area contributed by atoms with Gasteiger partial charge in [-0.25, -0.2) is 0 Å². The lowest BCUT2D eigenvalue weighted by Crippen LogP contribution is -2.39. The summed E-state index contributed by atoms with van der Waals surface area (Å²) < 4.78 is 11.3. The fourth-order valence-electron chi connectivity index (χ4n) is 3.20. The van der Waals surface area contributed by atoms with Crippen LogP contribution in [-0.2, 0) is 4.74 Å². The summed E-state index contributed by atoms with van der Waals surface area (Å²) >= 11 is 0. The van der Waals surface area contributed by atoms with Crippen LogP contribution in [0, 0.1) is 13.8 Å². The second-order valence-electron chi connectivity index (χ2n) is 5.74. The third-order valence-electron chi connectivity index (χ3n) is 4.13. The van der Waals surface area contributed by atoms with Gasteiger partial charge >= 0.3 is 0 Å². The van der Waals surface area contributed by atoms with Gasteiger partial charge < -0.3 is 14.8 Å². The van der Waals surface area contributed by atoms with E-state index in [1.54, 1.807) is 0 Å². The lowest BCUT2D eigenvalue weighted by atomic mass is 9.94. The lowest BCUT2D eigenvalue weighted by Gasteiger charge is -2.33. The Morgan fingerprint density at radius 2 is 1.84 bits per heavy atom. The fraction of sp³-hybridized carbons (Fsp3) is 0.625. The van der Waals surface area contributed by atoms with Gasteiger partial charge in [-0.05, 0) is 32.3 Å². The number of ether oxygens (including phenoxy) is 2. The van der Waals surface area contributed by atoms with Gasteiger partial charge in [0.25, 0.3) is 0 Å². The Kier molecular flexibility index (Phi) is 3.76. The van der Waals surface area contributed by atoms with E-state index in [-0.39, 0.29) is 0 Å². The maximum absolute atomic E-state index is 5.86. The van der Waals surface area contributed by atoms with Crippen molar-refractivity contribution in [2.75, 3.05) is 19.8 Å². The SMILES string of the molecule is Cc1cc(C)c2c(c1)C(NC1CCOCC1)CCO2. The minimum atomic E-state index is 0.436. The highest BCUT2D eigenvalue weighted by Crippen LogP contribution is 2.36. The summed E-state index contributed by atoms with van der Waals surface area (Å²) in [6, 6.07) is 5.50. The molecule has 3 heteroatoms. The second kappa shape index (κ2) is 5.51. The van der Waals surface area contributed by atoms with Crippen LogP contribution in [-0.4, -0.2) is 25.9 Å². The maximum Gasteiger partial charge on any atom is 0.126 e. The number of benzene rings is 1. The molecule has 2 aliphatic heterocycles. The van der Waals surface area contributed by atoms with E-state index in [9.17, 15) is 0 Å². The molecule has 2 heterocycles. The number of hydrogen-bond acceptors (Lipinski definition) is 3. The first kappa shape index (κ1) is 12.9. The number of fused-ring (bicyclic) bond motifs is 1. The van der Waals surface area contributed by atoms with Crippen LogP contribution in [0.15, 0.2) is 12.1 Å². The van der Waals surface area contributed by atoms with Gasteiger partial charge in [0.15, 0.2) is 0 Å². The molecule has 1 aromatic carbocycles. The van der Waals surface area contributed by atoms with Crippen molar-refractivity contribution in [2.45, 2.75) is 45.2 Å². The number of nitrogens with one attached hydrogen (secondary N) is 1. The van der Waals surface area contributed by atoms with Crippen molar-refractivity contribution < 1.29 is 9.47 Å². The Morgan fingerprint density at radius 1 is 1.05 bits per heavy atom. The molecule has 1 unspecified atom stereocenters. The van der Waals surface area contributed by atoms with Crippen molar-refractivity contribution in [3.63, 3.8) is 0 Å². The van der Waals surface area contributed by atoms with Crippen LogP contribution >= 0.6 is 0 Å². The van der Waals surface area contributed by atoms with Crippen molar-refractivity contribution in [2.24, 2.45) is 0 Å². The van der Waals surface area contributed by atoms with Crippen molar-refractivity contribution in [3.8, 4) is 5.75 Å². The Labute approximate surface area is 115 Å². The van der Waals surface area contributed by atoms with E-state index in [1.807, 2.05) is 0 Å². The first-order chi connectivity index (χ1) is 9.24. The lowest BCUT2D eigenvalue weighted by molar-refractivity contribution is 0.0727. The van der Waals surface area contributed by atoms with E-state index >= 15 is 0 Å². The van der Waals surface area contributed by atoms with E-state index in [2.05, 4.69) is 31.3 Å². The Balaban J connectivity index is 1.81. The van der Waals surface area contributed by atoms with Crippen LogP contribution in [0.5, 0.6) is 5.75 Å². The van der Waals surface area contributed by atoms with E-state index < -0.39 is 0 Å². The average Bonchev–Trinajstić information content (AvgIpc) is 2.41. The standard InChI is InChI=1S/C16H23NO2/c1-11-9-12(2)16-14(10-11)15(5-8-19-16)17-13-3-6-18-7-4-13/h9-10,13,15,17H,3-8H2,1-2H3. The predicted molar refractivity (Wildman–Crippen MR) is 75.7 cm³/mol. The van der Waals surface area contributed by atoms with Crippen molar-refractivity contribution in [1.29, 1.82) is 0 Å². The zero-order valence-corrected chi connectivity index (χ0v) is 11.9. The minimum Gasteiger partial charge on any atom is -0.493 e. The molecule has 3 nitrogen and oxygen atoms in total. The van der Waals surface area contributed by atoms with Crippen LogP contribution in [0.2, 0.25) is 0 Å². The molecule has 0 amide bonds. The second-order valence-corrected chi connectivity index (χ2v) is 5.74. The molecule has 0 spiro atoms. The van der Waals surface area contributed by atoms with Gasteiger partial charge in [-0.2, -0.15) is 0 Å². The average molecular weight is 261 g/mol. The van der Waals surface area contributed by atoms with Crippen LogP contribution < -0.4 is 10.1 Å². The Hall–Kier alpha value is -1.06. The maximum atomic E-state index is 5.86. The zero-order chi connectivity index (χ0) is 13.2. The molecule has 0 aromatic heterocycles. The first-order valence-corrected chi connectivity index (χ1v) is 7.32. The van der Waals surface area contributed by atoms with Gasteiger partial charge in [0, 0.05) is 37.3 Å². The summed E-state index contributed by atoms with van der Waals surface area (Å²) in [6.45, 7) is 6.90. The molecule has 0 saturated carbocycles. The van der Waals surface area contributed by atoms with Gasteiger partial charge in [-0.1, -0.05) is 17.7 Å². The Morgan fingerprint density at radius 3 is 2.63 bits per heavy atom. The van der Waals surface area contributed by atoms with E-state index in [0.717, 1.165) is 44.8 Å². The highest BCUT2D eigenvalue weighted by Gasteiger charge is 2.26. The molecule has 2 aliphatic rings. The van der Waals surface area contributed by atoms with Gasteiger partial charge in [-0.3, -0.25) is 0 Å². The molecule has 0 bridgehead atoms. The van der Waals surface area contributed by atoms with Crippen LogP contribution in [0.1, 0.15) is 42.0 Å². The minimum absolute atomic E-state index is 0.436. The van der Waals surface area contributed by atoms with Gasteiger partial charge in [-0.15, -0.1) is 0 Å². The summed E-state index contributed by atoms with van der Waals surface area (Å²) in [5.41, 5.74) is 3.92. The molecule has 3 rings (SSSR count). The molecule has 19 heavy (non-hydrogen) atoms. The Bertz CT molecular complexity index is 452. The predicted octanol–water partition coefficient (Wildman–Crippen LogP) is 2.90. The van der Waals surface area contributed by atoms with E-state index in [0.29, 0.717) is 12.1 Å². The third-order valence-corrected chi connectivity index (χ3v) is 4.13. The van der Waals surface area contributed by atoms with Crippen LogP contribution in [0.25, 0.3) is 0 Å². The third kappa shape index (κ3) is 2.77. The topological polar surface area (TPSA) is 30.5 Å². The van der Waals surface area contributed by atoms with E-state index in [4.69, 9.17) is 9.47 Å². The largest absolute Gasteiger partial charge is 0.493 e. The smallest absolute Gasteiger partial charge is 0.126 e. The van der Waals surface area contributed by atoms with Crippen molar-refractivity contribution in [3.05, 3.63) is 28.8 Å². The van der Waals surface area contributed by atoms with Gasteiger partial charge in [0.2, 0.25) is 0 Å². The summed E-state index contributed by atoms with van der Waals surface area (Å²) in [6.07, 6.45) is 3.31. The zero-order valence-electron chi connectivity index (χ0n) is 11.9. The first-order valence-electron chi connectivity index (χ1n) is 7.32. The van der Waals surface area contributed by atoms with Gasteiger partial charge in [0.05, 0.1) is 6.61 Å².